The lowest BCUT2D eigenvalue weighted by atomic mass is 9.94. The van der Waals surface area contributed by atoms with Crippen LogP contribution in [0.5, 0.6) is 0 Å². The van der Waals surface area contributed by atoms with Crippen molar-refractivity contribution in [1.82, 2.24) is 15.1 Å². The van der Waals surface area contributed by atoms with Gasteiger partial charge in [0.25, 0.3) is 0 Å². The van der Waals surface area contributed by atoms with E-state index in [1.807, 2.05) is 21.9 Å². The summed E-state index contributed by atoms with van der Waals surface area (Å²) in [6, 6.07) is 8.58. The quantitative estimate of drug-likeness (QED) is 0.870. The van der Waals surface area contributed by atoms with E-state index in [1.54, 1.807) is 0 Å². The van der Waals surface area contributed by atoms with Crippen molar-refractivity contribution < 1.29 is 9.59 Å². The van der Waals surface area contributed by atoms with Crippen molar-refractivity contribution in [3.05, 3.63) is 35.4 Å². The Morgan fingerprint density at radius 3 is 2.48 bits per heavy atom. The predicted octanol–water partition coefficient (Wildman–Crippen LogP) is 1.74. The van der Waals surface area contributed by atoms with Crippen molar-refractivity contribution in [2.24, 2.45) is 0 Å². The summed E-state index contributed by atoms with van der Waals surface area (Å²) in [4.78, 5) is 28.8. The first-order valence-corrected chi connectivity index (χ1v) is 9.11. The van der Waals surface area contributed by atoms with Crippen molar-refractivity contribution in [3.8, 4) is 0 Å². The Bertz CT molecular complexity index is 643. The van der Waals surface area contributed by atoms with Crippen molar-refractivity contribution in [2.45, 2.75) is 50.7 Å². The van der Waals surface area contributed by atoms with E-state index in [1.165, 1.54) is 11.1 Å². The maximum Gasteiger partial charge on any atom is 0.240 e. The zero-order valence-corrected chi connectivity index (χ0v) is 15.3. The number of hydrogen-bond acceptors (Lipinski definition) is 3. The molecule has 3 aliphatic heterocycles. The summed E-state index contributed by atoms with van der Waals surface area (Å²) in [7, 11) is 0. The van der Waals surface area contributed by atoms with Gasteiger partial charge in [0.2, 0.25) is 11.8 Å². The molecule has 0 aliphatic carbocycles. The van der Waals surface area contributed by atoms with E-state index in [9.17, 15) is 9.59 Å². The first-order chi connectivity index (χ1) is 11.7. The monoisotopic (exact) mass is 363 g/mol. The van der Waals surface area contributed by atoms with Crippen LogP contribution in [0.4, 0.5) is 0 Å². The molecule has 0 spiro atoms. The Hall–Kier alpha value is -1.59. The number of carbonyl (C=O) groups is 2. The van der Waals surface area contributed by atoms with Gasteiger partial charge in [-0.25, -0.2) is 0 Å². The number of hydrogen-bond donors (Lipinski definition) is 1. The number of piperidine rings is 1. The number of nitrogens with one attached hydrogen (secondary N) is 1. The lowest BCUT2D eigenvalue weighted by Crippen LogP contribution is -2.53. The Kier molecular flexibility index (Phi) is 5.64. The molecule has 3 heterocycles. The summed E-state index contributed by atoms with van der Waals surface area (Å²) in [5.74, 6) is 0.515. The van der Waals surface area contributed by atoms with Gasteiger partial charge in [-0.15, -0.1) is 12.4 Å². The van der Waals surface area contributed by atoms with E-state index in [0.717, 1.165) is 51.9 Å². The minimum Gasteiger partial charge on any atom is -0.341 e. The molecule has 2 fully saturated rings. The minimum atomic E-state index is -0.107. The molecular weight excluding hydrogens is 338 g/mol. The smallest absolute Gasteiger partial charge is 0.240 e. The third-order valence-electron chi connectivity index (χ3n) is 5.71. The molecule has 1 unspecified atom stereocenters. The molecule has 25 heavy (non-hydrogen) atoms. The molecular formula is C19H26ClN3O2. The van der Waals surface area contributed by atoms with Crippen LogP contribution in [0.25, 0.3) is 0 Å². The molecule has 0 bridgehead atoms. The molecule has 136 valence electrons. The summed E-state index contributed by atoms with van der Waals surface area (Å²) in [6.07, 6.45) is 4.30. The lowest BCUT2D eigenvalue weighted by Gasteiger charge is -2.38. The zero-order valence-electron chi connectivity index (χ0n) is 14.4. The number of amides is 2. The van der Waals surface area contributed by atoms with Gasteiger partial charge in [0.05, 0.1) is 6.04 Å². The third-order valence-corrected chi connectivity index (χ3v) is 5.71. The average molecular weight is 364 g/mol. The molecule has 2 saturated heterocycles. The van der Waals surface area contributed by atoms with Gasteiger partial charge in [-0.2, -0.15) is 0 Å². The average Bonchev–Trinajstić information content (AvgIpc) is 3.07. The molecule has 6 heteroatoms. The summed E-state index contributed by atoms with van der Waals surface area (Å²) >= 11 is 0. The molecule has 0 aromatic heterocycles. The molecule has 4 rings (SSSR count). The summed E-state index contributed by atoms with van der Waals surface area (Å²) in [5.41, 5.74) is 2.58. The fourth-order valence-electron chi connectivity index (χ4n) is 4.30. The van der Waals surface area contributed by atoms with E-state index >= 15 is 0 Å². The minimum absolute atomic E-state index is 0. The van der Waals surface area contributed by atoms with Crippen molar-refractivity contribution in [1.29, 1.82) is 0 Å². The highest BCUT2D eigenvalue weighted by molar-refractivity contribution is 5.85. The topological polar surface area (TPSA) is 52.7 Å². The number of nitrogens with zero attached hydrogens (tertiary/aromatic N) is 2. The molecule has 3 aliphatic rings. The van der Waals surface area contributed by atoms with E-state index in [4.69, 9.17) is 0 Å². The van der Waals surface area contributed by atoms with Gasteiger partial charge >= 0.3 is 0 Å². The second-order valence-electron chi connectivity index (χ2n) is 7.15. The van der Waals surface area contributed by atoms with Gasteiger partial charge in [0, 0.05) is 38.6 Å². The number of rotatable bonds is 2. The fourth-order valence-corrected chi connectivity index (χ4v) is 4.30. The van der Waals surface area contributed by atoms with Crippen LogP contribution in [0.2, 0.25) is 0 Å². The first kappa shape index (κ1) is 18.2. The molecule has 0 saturated carbocycles. The largest absolute Gasteiger partial charge is 0.341 e. The number of carbonyl (C=O) groups excluding carboxylic acids is 2. The molecule has 0 radical (unpaired) electrons. The molecule has 2 amide bonds. The molecule has 1 atom stereocenters. The van der Waals surface area contributed by atoms with Crippen LogP contribution in [0.1, 0.15) is 36.8 Å². The Morgan fingerprint density at radius 1 is 1.08 bits per heavy atom. The predicted molar refractivity (Wildman–Crippen MR) is 98.6 cm³/mol. The Balaban J connectivity index is 0.00000182. The number of halogens is 1. The van der Waals surface area contributed by atoms with Crippen LogP contribution in [0.3, 0.4) is 0 Å². The number of likely N-dealkylation sites (tertiary alicyclic amines) is 2. The molecule has 1 aromatic carbocycles. The molecule has 1 N–H and O–H groups in total. The van der Waals surface area contributed by atoms with E-state index < -0.39 is 0 Å². The summed E-state index contributed by atoms with van der Waals surface area (Å²) in [6.45, 7) is 3.21. The molecule has 1 aromatic rings. The van der Waals surface area contributed by atoms with E-state index in [0.29, 0.717) is 18.4 Å². The zero-order chi connectivity index (χ0) is 16.5. The van der Waals surface area contributed by atoms with Gasteiger partial charge in [0.15, 0.2) is 0 Å². The van der Waals surface area contributed by atoms with Crippen molar-refractivity contribution >= 4 is 24.2 Å². The molecule has 5 nitrogen and oxygen atoms in total. The van der Waals surface area contributed by atoms with E-state index in [2.05, 4.69) is 17.4 Å². The number of fused-ring (bicyclic) bond motifs is 1. The van der Waals surface area contributed by atoms with Crippen LogP contribution in [0.15, 0.2) is 24.3 Å². The highest BCUT2D eigenvalue weighted by Crippen LogP contribution is 2.23. The highest BCUT2D eigenvalue weighted by Gasteiger charge is 2.34. The fraction of sp³-hybridized carbons (Fsp3) is 0.579. The maximum atomic E-state index is 12.8. The van der Waals surface area contributed by atoms with Crippen LogP contribution in [-0.2, 0) is 22.6 Å². The third kappa shape index (κ3) is 3.67. The van der Waals surface area contributed by atoms with Gasteiger partial charge < -0.3 is 15.1 Å². The Morgan fingerprint density at radius 2 is 1.80 bits per heavy atom. The first-order valence-electron chi connectivity index (χ1n) is 9.11. The SMILES string of the molecule is Cl.O=C(C1Cc2ccccc2CN1)N1CCC(N2CCCC2=O)CC1. The standard InChI is InChI=1S/C19H25N3O2.ClH/c23-18-6-3-9-22(18)16-7-10-21(11-8-16)19(24)17-12-14-4-1-2-5-15(14)13-20-17;/h1-2,4-5,16-17,20H,3,6-13H2;1H. The van der Waals surface area contributed by atoms with Crippen molar-refractivity contribution in [2.75, 3.05) is 19.6 Å². The number of benzene rings is 1. The second-order valence-corrected chi connectivity index (χ2v) is 7.15. The normalized spacial score (nSPS) is 24.0. The maximum absolute atomic E-state index is 12.8. The van der Waals surface area contributed by atoms with Crippen molar-refractivity contribution in [3.63, 3.8) is 0 Å². The summed E-state index contributed by atoms with van der Waals surface area (Å²) < 4.78 is 0. The van der Waals surface area contributed by atoms with Crippen LogP contribution >= 0.6 is 12.4 Å². The van der Waals surface area contributed by atoms with Gasteiger partial charge in [0.1, 0.15) is 0 Å². The second kappa shape index (κ2) is 7.75. The van der Waals surface area contributed by atoms with Gasteiger partial charge in [-0.05, 0) is 36.8 Å². The Labute approximate surface area is 155 Å². The van der Waals surface area contributed by atoms with Gasteiger partial charge in [-0.1, -0.05) is 24.3 Å². The lowest BCUT2D eigenvalue weighted by molar-refractivity contribution is -0.136. The van der Waals surface area contributed by atoms with Gasteiger partial charge in [-0.3, -0.25) is 9.59 Å². The highest BCUT2D eigenvalue weighted by atomic mass is 35.5. The van der Waals surface area contributed by atoms with Crippen LogP contribution < -0.4 is 5.32 Å². The van der Waals surface area contributed by atoms with Crippen LogP contribution in [0, 0.1) is 0 Å². The summed E-state index contributed by atoms with van der Waals surface area (Å²) in [5, 5.41) is 3.39. The van der Waals surface area contributed by atoms with E-state index in [-0.39, 0.29) is 24.4 Å². The van der Waals surface area contributed by atoms with Crippen LogP contribution in [-0.4, -0.2) is 53.3 Å².